The van der Waals surface area contributed by atoms with E-state index >= 15 is 0 Å². The fraction of sp³-hybridized carbons (Fsp3) is 0.448. The van der Waals surface area contributed by atoms with Crippen LogP contribution in [0.25, 0.3) is 11.3 Å². The number of aliphatic hydroxyl groups is 1. The van der Waals surface area contributed by atoms with Gasteiger partial charge < -0.3 is 20.3 Å². The number of carbonyl (C=O) groups excluding carboxylic acids is 2. The molecule has 212 valence electrons. The second kappa shape index (κ2) is 12.2. The van der Waals surface area contributed by atoms with Gasteiger partial charge in [-0.05, 0) is 50.5 Å². The van der Waals surface area contributed by atoms with Crippen LogP contribution < -0.4 is 10.6 Å². The molecule has 0 radical (unpaired) electrons. The second-order valence-corrected chi connectivity index (χ2v) is 10.6. The van der Waals surface area contributed by atoms with Crippen LogP contribution in [0.15, 0.2) is 53.2 Å². The summed E-state index contributed by atoms with van der Waals surface area (Å²) >= 11 is 0. The molecule has 5 atom stereocenters. The molecule has 40 heavy (non-hydrogen) atoms. The highest BCUT2D eigenvalue weighted by Gasteiger charge is 2.40. The summed E-state index contributed by atoms with van der Waals surface area (Å²) in [6.07, 6.45) is 5.31. The van der Waals surface area contributed by atoms with Gasteiger partial charge in [-0.1, -0.05) is 24.1 Å². The highest BCUT2D eigenvalue weighted by Crippen LogP contribution is 2.29. The number of nitrogens with zero attached hydrogens (tertiary/aromatic N) is 3. The van der Waals surface area contributed by atoms with Gasteiger partial charge in [0.2, 0.25) is 5.91 Å². The lowest BCUT2D eigenvalue weighted by atomic mass is 9.85. The maximum absolute atomic E-state index is 14.2. The van der Waals surface area contributed by atoms with Gasteiger partial charge in [-0.15, -0.1) is 0 Å². The van der Waals surface area contributed by atoms with E-state index in [0.29, 0.717) is 19.5 Å². The van der Waals surface area contributed by atoms with Crippen molar-refractivity contribution in [3.8, 4) is 11.3 Å². The zero-order valence-corrected chi connectivity index (χ0v) is 22.2. The molecule has 1 aromatic carbocycles. The summed E-state index contributed by atoms with van der Waals surface area (Å²) in [6.45, 7) is 2.83. The fourth-order valence-corrected chi connectivity index (χ4v) is 5.70. The Labute approximate surface area is 231 Å². The highest BCUT2D eigenvalue weighted by atomic mass is 19.1. The quantitative estimate of drug-likeness (QED) is 0.409. The minimum Gasteiger partial charge on any atom is -0.391 e. The van der Waals surface area contributed by atoms with E-state index in [1.54, 1.807) is 12.3 Å². The van der Waals surface area contributed by atoms with E-state index < -0.39 is 35.6 Å². The number of hydrogen-bond acceptors (Lipinski definition) is 7. The van der Waals surface area contributed by atoms with Crippen molar-refractivity contribution in [2.24, 2.45) is 5.92 Å². The molecule has 1 aliphatic carbocycles. The molecule has 1 saturated heterocycles. The molecular weight excluding hydrogens is 520 g/mol. The van der Waals surface area contributed by atoms with Crippen molar-refractivity contribution in [2.75, 3.05) is 13.1 Å². The summed E-state index contributed by atoms with van der Waals surface area (Å²) in [7, 11) is 0. The Morgan fingerprint density at radius 1 is 1.12 bits per heavy atom. The first kappa shape index (κ1) is 27.9. The third-order valence-corrected chi connectivity index (χ3v) is 7.89. The lowest BCUT2D eigenvalue weighted by Gasteiger charge is -2.44. The average Bonchev–Trinajstić information content (AvgIpc) is 3.44. The zero-order valence-electron chi connectivity index (χ0n) is 22.2. The van der Waals surface area contributed by atoms with Crippen LogP contribution in [0.3, 0.4) is 0 Å². The Morgan fingerprint density at radius 2 is 1.95 bits per heavy atom. The monoisotopic (exact) mass is 553 g/mol. The Morgan fingerprint density at radius 3 is 2.70 bits per heavy atom. The molecule has 2 amide bonds. The van der Waals surface area contributed by atoms with Crippen LogP contribution in [0.5, 0.6) is 0 Å². The normalized spacial score (nSPS) is 24.3. The average molecular weight is 554 g/mol. The van der Waals surface area contributed by atoms with Crippen molar-refractivity contribution in [3.05, 3.63) is 71.7 Å². The van der Waals surface area contributed by atoms with Gasteiger partial charge >= 0.3 is 0 Å². The standard InChI is InChI=1S/C29H33F2N5O4/c1-17(22-6-4-5-12-32-22)33-28(38)20-16-36(25-7-2-3-8-26(25)37)13-11-23(20)34-29(39)24-15-27(40-35-24)19-10-9-18(30)14-21(19)31/h4-6,9-10,12,14-15,17,20,23,25-26,37H,2-3,7-8,11,13,16H2,1H3,(H,33,38)(H,34,39)/t17-,20+,23+,25+,26-/m0/s1. The maximum Gasteiger partial charge on any atom is 0.273 e. The van der Waals surface area contributed by atoms with Gasteiger partial charge in [0, 0.05) is 43.5 Å². The number of nitrogens with one attached hydrogen (secondary N) is 2. The molecule has 1 aliphatic heterocycles. The minimum absolute atomic E-state index is 0.0118. The van der Waals surface area contributed by atoms with Crippen molar-refractivity contribution in [1.82, 2.24) is 25.7 Å². The van der Waals surface area contributed by atoms with E-state index in [4.69, 9.17) is 4.52 Å². The van der Waals surface area contributed by atoms with Gasteiger partial charge in [0.1, 0.15) is 11.6 Å². The van der Waals surface area contributed by atoms with Crippen LogP contribution in [0.1, 0.15) is 61.3 Å². The Hall–Kier alpha value is -3.70. The van der Waals surface area contributed by atoms with E-state index in [2.05, 4.69) is 25.7 Å². The molecular formula is C29H33F2N5O4. The first-order valence-electron chi connectivity index (χ1n) is 13.7. The van der Waals surface area contributed by atoms with Crippen molar-refractivity contribution in [2.45, 2.75) is 63.3 Å². The van der Waals surface area contributed by atoms with E-state index in [-0.39, 0.29) is 35.0 Å². The topological polar surface area (TPSA) is 121 Å². The first-order chi connectivity index (χ1) is 19.3. The fourth-order valence-electron chi connectivity index (χ4n) is 5.70. The van der Waals surface area contributed by atoms with Crippen molar-refractivity contribution in [1.29, 1.82) is 0 Å². The van der Waals surface area contributed by atoms with Crippen molar-refractivity contribution in [3.63, 3.8) is 0 Å². The molecule has 5 rings (SSSR count). The largest absolute Gasteiger partial charge is 0.391 e. The molecule has 2 fully saturated rings. The predicted molar refractivity (Wildman–Crippen MR) is 142 cm³/mol. The van der Waals surface area contributed by atoms with E-state index in [9.17, 15) is 23.5 Å². The molecule has 0 spiro atoms. The summed E-state index contributed by atoms with van der Waals surface area (Å²) in [5.74, 6) is -2.97. The number of carbonyl (C=O) groups is 2. The summed E-state index contributed by atoms with van der Waals surface area (Å²) in [5, 5.41) is 20.4. The lowest BCUT2D eigenvalue weighted by Crippen LogP contribution is -2.59. The van der Waals surface area contributed by atoms with Crippen LogP contribution in [-0.2, 0) is 4.79 Å². The van der Waals surface area contributed by atoms with Crippen LogP contribution >= 0.6 is 0 Å². The molecule has 11 heteroatoms. The molecule has 0 unspecified atom stereocenters. The molecule has 2 aliphatic rings. The maximum atomic E-state index is 14.2. The van der Waals surface area contributed by atoms with Crippen molar-refractivity contribution >= 4 is 11.8 Å². The van der Waals surface area contributed by atoms with Gasteiger partial charge in [0.05, 0.1) is 29.3 Å². The van der Waals surface area contributed by atoms with Gasteiger partial charge in [-0.25, -0.2) is 8.78 Å². The van der Waals surface area contributed by atoms with E-state index in [1.807, 2.05) is 19.1 Å². The minimum atomic E-state index is -0.834. The molecule has 1 saturated carbocycles. The third kappa shape index (κ3) is 6.20. The lowest BCUT2D eigenvalue weighted by molar-refractivity contribution is -0.129. The van der Waals surface area contributed by atoms with Crippen LogP contribution in [0.4, 0.5) is 8.78 Å². The van der Waals surface area contributed by atoms with Crippen molar-refractivity contribution < 1.29 is 28.0 Å². The van der Waals surface area contributed by atoms with E-state index in [1.165, 1.54) is 12.1 Å². The number of benzene rings is 1. The van der Waals surface area contributed by atoms with Crippen LogP contribution in [0, 0.1) is 17.6 Å². The number of piperidine rings is 1. The number of amides is 2. The number of rotatable bonds is 7. The molecule has 3 aromatic rings. The summed E-state index contributed by atoms with van der Waals surface area (Å²) in [6, 6.07) is 8.93. The molecule has 9 nitrogen and oxygen atoms in total. The summed E-state index contributed by atoms with van der Waals surface area (Å²) in [4.78, 5) is 33.2. The zero-order chi connectivity index (χ0) is 28.2. The summed E-state index contributed by atoms with van der Waals surface area (Å²) < 4.78 is 32.7. The number of aliphatic hydroxyl groups excluding tert-OH is 1. The van der Waals surface area contributed by atoms with Gasteiger partial charge in [0.15, 0.2) is 11.5 Å². The van der Waals surface area contributed by atoms with Gasteiger partial charge in [-0.2, -0.15) is 0 Å². The number of aromatic nitrogens is 2. The molecule has 3 heterocycles. The number of likely N-dealkylation sites (tertiary alicyclic amines) is 1. The Bertz CT molecular complexity index is 1340. The van der Waals surface area contributed by atoms with Crippen LogP contribution in [-0.4, -0.2) is 63.2 Å². The smallest absolute Gasteiger partial charge is 0.273 e. The molecule has 3 N–H and O–H groups in total. The van der Waals surface area contributed by atoms with Crippen LogP contribution in [0.2, 0.25) is 0 Å². The Balaban J connectivity index is 1.32. The van der Waals surface area contributed by atoms with Gasteiger partial charge in [0.25, 0.3) is 5.91 Å². The SMILES string of the molecule is C[C@H](NC(=O)[C@@H]1CN([C@@H]2CCCC[C@@H]2O)CC[C@H]1NC(=O)c1cc(-c2ccc(F)cc2F)on1)c1ccccn1. The first-order valence-corrected chi connectivity index (χ1v) is 13.7. The highest BCUT2D eigenvalue weighted by molar-refractivity contribution is 5.94. The van der Waals surface area contributed by atoms with E-state index in [0.717, 1.165) is 43.5 Å². The van der Waals surface area contributed by atoms with Gasteiger partial charge in [-0.3, -0.25) is 19.5 Å². The predicted octanol–water partition coefficient (Wildman–Crippen LogP) is 3.62. The number of hydrogen-bond donors (Lipinski definition) is 3. The molecule has 2 aromatic heterocycles. The summed E-state index contributed by atoms with van der Waals surface area (Å²) in [5.41, 5.74) is 0.618. The second-order valence-electron chi connectivity index (χ2n) is 10.6. The third-order valence-electron chi connectivity index (χ3n) is 7.89. The molecule has 0 bridgehead atoms. The Kier molecular flexibility index (Phi) is 8.51. The number of halogens is 2. The number of pyridine rings is 1.